The van der Waals surface area contributed by atoms with Crippen LogP contribution in [0.3, 0.4) is 0 Å². The first-order valence-corrected chi connectivity index (χ1v) is 6.71. The maximum absolute atomic E-state index is 11.1. The zero-order valence-electron chi connectivity index (χ0n) is 9.81. The zero-order chi connectivity index (χ0) is 13.0. The summed E-state index contributed by atoms with van der Waals surface area (Å²) in [5.74, 6) is -0.996. The second-order valence-corrected chi connectivity index (χ2v) is 6.10. The third kappa shape index (κ3) is 1.67. The van der Waals surface area contributed by atoms with Gasteiger partial charge in [0, 0.05) is 15.1 Å². The van der Waals surface area contributed by atoms with Gasteiger partial charge in [0.1, 0.15) is 0 Å². The van der Waals surface area contributed by atoms with Crippen molar-refractivity contribution in [1.82, 2.24) is 0 Å². The molecule has 5 heteroatoms. The first-order valence-electron chi connectivity index (χ1n) is 5.10. The summed E-state index contributed by atoms with van der Waals surface area (Å²) in [5, 5.41) is 11.2. The van der Waals surface area contributed by atoms with Crippen LogP contribution in [0, 0.1) is 18.4 Å². The molecular formula is C12H14O4S. The molecule has 1 heterocycles. The van der Waals surface area contributed by atoms with Gasteiger partial charge in [-0.2, -0.15) is 0 Å². The Morgan fingerprint density at radius 2 is 1.82 bits per heavy atom. The van der Waals surface area contributed by atoms with Crippen molar-refractivity contribution >= 4 is 26.7 Å². The summed E-state index contributed by atoms with van der Waals surface area (Å²) in [4.78, 5) is 11.1. The highest BCUT2D eigenvalue weighted by Gasteiger charge is 2.17. The fourth-order valence-electron chi connectivity index (χ4n) is 2.34. The van der Waals surface area contributed by atoms with Gasteiger partial charge >= 0.3 is 5.97 Å². The van der Waals surface area contributed by atoms with Gasteiger partial charge in [-0.05, 0) is 48.8 Å². The van der Waals surface area contributed by atoms with Gasteiger partial charge in [-0.3, -0.25) is 0 Å². The molecule has 1 aromatic carbocycles. The minimum atomic E-state index is -2.91. The average Bonchev–Trinajstić information content (AvgIpc) is 2.42. The van der Waals surface area contributed by atoms with Gasteiger partial charge in [0.15, 0.2) is 0 Å². The molecule has 0 saturated carbocycles. The lowest BCUT2D eigenvalue weighted by molar-refractivity contribution is 0.0696. The monoisotopic (exact) mass is 254 g/mol. The summed E-state index contributed by atoms with van der Waals surface area (Å²) in [6, 6.07) is 1.50. The number of aryl methyl sites for hydroxylation is 1. The fourth-order valence-corrected chi connectivity index (χ4v) is 4.22. The van der Waals surface area contributed by atoms with Crippen LogP contribution in [0.4, 0.5) is 0 Å². The lowest BCUT2D eigenvalue weighted by Gasteiger charge is -2.07. The Balaban J connectivity index is 3.15. The van der Waals surface area contributed by atoms with Crippen molar-refractivity contribution in [2.24, 2.45) is 0 Å². The maximum Gasteiger partial charge on any atom is 0.335 e. The molecule has 0 amide bonds. The van der Waals surface area contributed by atoms with E-state index >= 15 is 0 Å². The minimum Gasteiger partial charge on any atom is -0.478 e. The van der Waals surface area contributed by atoms with Crippen LogP contribution >= 0.6 is 9.77 Å². The van der Waals surface area contributed by atoms with E-state index in [0.29, 0.717) is 20.9 Å². The van der Waals surface area contributed by atoms with E-state index in [2.05, 4.69) is 0 Å². The summed E-state index contributed by atoms with van der Waals surface area (Å²) >= 11 is 0. The van der Waals surface area contributed by atoms with Crippen LogP contribution in [0.15, 0.2) is 6.07 Å². The smallest absolute Gasteiger partial charge is 0.335 e. The number of benzene rings is 1. The molecular weight excluding hydrogens is 240 g/mol. The molecule has 0 aliphatic carbocycles. The van der Waals surface area contributed by atoms with E-state index in [1.807, 2.05) is 0 Å². The van der Waals surface area contributed by atoms with Crippen LogP contribution in [0.25, 0.3) is 5.57 Å². The predicted molar refractivity (Wildman–Crippen MR) is 69.3 cm³/mol. The number of carbonyl (C=O) groups is 1. The highest BCUT2D eigenvalue weighted by atomic mass is 32.2. The van der Waals surface area contributed by atoms with E-state index in [1.54, 1.807) is 20.8 Å². The molecule has 1 aromatic rings. The first-order chi connectivity index (χ1) is 7.75. The molecule has 4 nitrogen and oxygen atoms in total. The third-order valence-electron chi connectivity index (χ3n) is 2.99. The van der Waals surface area contributed by atoms with Gasteiger partial charge in [0.2, 0.25) is 0 Å². The van der Waals surface area contributed by atoms with Crippen molar-refractivity contribution < 1.29 is 19.0 Å². The van der Waals surface area contributed by atoms with Gasteiger partial charge < -0.3 is 14.2 Å². The lowest BCUT2D eigenvalue weighted by atomic mass is 10.0. The normalized spacial score (nSPS) is 16.6. The van der Waals surface area contributed by atoms with Crippen molar-refractivity contribution in [2.45, 2.75) is 20.8 Å². The van der Waals surface area contributed by atoms with Gasteiger partial charge in [-0.25, -0.2) is 4.79 Å². The SMILES string of the molecule is CC1=c2c(C)c(C(=O)O)cc(C)c2=S(O)(O)=C1. The topological polar surface area (TPSA) is 77.8 Å². The molecule has 2 rings (SSSR count). The Bertz CT molecular complexity index is 742. The molecule has 17 heavy (non-hydrogen) atoms. The molecule has 92 valence electrons. The van der Waals surface area contributed by atoms with Crippen LogP contribution in [0.1, 0.15) is 28.4 Å². The van der Waals surface area contributed by atoms with E-state index in [1.165, 1.54) is 11.4 Å². The predicted octanol–water partition coefficient (Wildman–Crippen LogP) is 1.99. The molecule has 0 unspecified atom stereocenters. The summed E-state index contributed by atoms with van der Waals surface area (Å²) in [5.41, 5.74) is 2.13. The van der Waals surface area contributed by atoms with E-state index < -0.39 is 15.7 Å². The Labute approximate surface area is 99.4 Å². The number of rotatable bonds is 1. The zero-order valence-corrected chi connectivity index (χ0v) is 10.6. The van der Waals surface area contributed by atoms with E-state index in [9.17, 15) is 13.9 Å². The highest BCUT2D eigenvalue weighted by Crippen LogP contribution is 2.25. The third-order valence-corrected chi connectivity index (χ3v) is 4.80. The summed E-state index contributed by atoms with van der Waals surface area (Å²) in [6.07, 6.45) is 0. The Morgan fingerprint density at radius 3 is 2.35 bits per heavy atom. The molecule has 0 aromatic heterocycles. The van der Waals surface area contributed by atoms with Crippen LogP contribution in [-0.2, 0) is 0 Å². The number of hydrogen-bond acceptors (Lipinski definition) is 3. The molecule has 0 fully saturated rings. The van der Waals surface area contributed by atoms with Gasteiger partial charge in [-0.1, -0.05) is 0 Å². The second kappa shape index (κ2) is 3.60. The van der Waals surface area contributed by atoms with Crippen LogP contribution in [-0.4, -0.2) is 25.5 Å². The summed E-state index contributed by atoms with van der Waals surface area (Å²) in [7, 11) is -2.91. The van der Waals surface area contributed by atoms with Gasteiger partial charge in [-0.15, -0.1) is 0 Å². The number of carboxylic acid groups (broad SMARTS) is 1. The summed E-state index contributed by atoms with van der Waals surface area (Å²) in [6.45, 7) is 5.16. The van der Waals surface area contributed by atoms with Crippen LogP contribution in [0.5, 0.6) is 0 Å². The fraction of sp³-hybridized carbons (Fsp3) is 0.250. The van der Waals surface area contributed by atoms with E-state index in [4.69, 9.17) is 5.11 Å². The number of hydrogen-bond donors (Lipinski definition) is 3. The molecule has 0 saturated heterocycles. The van der Waals surface area contributed by atoms with E-state index in [-0.39, 0.29) is 5.56 Å². The van der Waals surface area contributed by atoms with Crippen molar-refractivity contribution in [3.05, 3.63) is 32.5 Å². The number of fused-ring (bicyclic) bond motifs is 1. The Morgan fingerprint density at radius 1 is 1.24 bits per heavy atom. The second-order valence-electron chi connectivity index (χ2n) is 4.27. The van der Waals surface area contributed by atoms with Gasteiger partial charge in [0.25, 0.3) is 0 Å². The Hall–Kier alpha value is -1.30. The number of carboxylic acids is 1. The largest absolute Gasteiger partial charge is 0.478 e. The molecule has 1 aliphatic heterocycles. The van der Waals surface area contributed by atoms with Crippen LogP contribution in [0.2, 0.25) is 0 Å². The molecule has 0 atom stereocenters. The molecule has 0 radical (unpaired) electrons. The van der Waals surface area contributed by atoms with Crippen molar-refractivity contribution in [2.75, 3.05) is 0 Å². The van der Waals surface area contributed by atoms with Crippen LogP contribution < -0.4 is 5.22 Å². The highest BCUT2D eigenvalue weighted by molar-refractivity contribution is 8.15. The Kier molecular flexibility index (Phi) is 2.57. The van der Waals surface area contributed by atoms with Gasteiger partial charge in [0.05, 0.1) is 10.1 Å². The average molecular weight is 254 g/mol. The molecule has 0 bridgehead atoms. The molecule has 3 N–H and O–H groups in total. The quantitative estimate of drug-likeness (QED) is 0.670. The molecule has 1 aliphatic rings. The van der Waals surface area contributed by atoms with Crippen molar-refractivity contribution in [3.8, 4) is 0 Å². The van der Waals surface area contributed by atoms with Crippen molar-refractivity contribution in [3.63, 3.8) is 0 Å². The standard InChI is InChI=1S/C12H14O4S/c1-6-4-9(12(13)14)8(3)10-7(2)5-17(15,16)11(6)10/h4-5,15-16H,1-3H3,(H,13,14). The summed E-state index contributed by atoms with van der Waals surface area (Å²) < 4.78 is 20.4. The number of aromatic carboxylic acids is 1. The first kappa shape index (κ1) is 12.2. The lowest BCUT2D eigenvalue weighted by Crippen LogP contribution is -2.16. The van der Waals surface area contributed by atoms with E-state index in [0.717, 1.165) is 5.57 Å². The maximum atomic E-state index is 11.1. The minimum absolute atomic E-state index is 0.214. The molecule has 0 spiro atoms. The van der Waals surface area contributed by atoms with Crippen molar-refractivity contribution in [1.29, 1.82) is 0 Å².